The third-order valence-electron chi connectivity index (χ3n) is 4.83. The Bertz CT molecular complexity index is 292. The number of amidine groups is 1. The first-order chi connectivity index (χ1) is 9.22. The number of hydrogen-bond donors (Lipinski definition) is 2. The molecule has 1 heterocycles. The second-order valence-electron chi connectivity index (χ2n) is 5.99. The highest BCUT2D eigenvalue weighted by Crippen LogP contribution is 2.29. The molecule has 2 aliphatic rings. The third-order valence-corrected chi connectivity index (χ3v) is 4.83. The van der Waals surface area contributed by atoms with Crippen molar-refractivity contribution >= 4 is 5.84 Å². The average Bonchev–Trinajstić information content (AvgIpc) is 2.48. The second-order valence-corrected chi connectivity index (χ2v) is 5.99. The Labute approximate surface area is 116 Å². The van der Waals surface area contributed by atoms with Crippen LogP contribution in [0.4, 0.5) is 0 Å². The molecule has 1 saturated carbocycles. The molecule has 19 heavy (non-hydrogen) atoms. The lowest BCUT2D eigenvalue weighted by atomic mass is 9.84. The van der Waals surface area contributed by atoms with Crippen LogP contribution in [-0.2, 0) is 0 Å². The predicted octanol–water partition coefficient (Wildman–Crippen LogP) is 1.32. The standard InChI is InChI=1S/C14H28N4O/c1-2-12-3-5-13(6-4-12)18-9-7-17(8-10-18)11-14(15)16-19/h12-13,19H,2-11H2,1H3,(H2,15,16). The summed E-state index contributed by atoms with van der Waals surface area (Å²) in [5, 5.41) is 11.6. The van der Waals surface area contributed by atoms with Crippen molar-refractivity contribution in [2.45, 2.75) is 45.1 Å². The summed E-state index contributed by atoms with van der Waals surface area (Å²) in [6.07, 6.45) is 6.91. The van der Waals surface area contributed by atoms with Gasteiger partial charge in [0.25, 0.3) is 0 Å². The fourth-order valence-electron chi connectivity index (χ4n) is 3.47. The predicted molar refractivity (Wildman–Crippen MR) is 77.5 cm³/mol. The first-order valence-electron chi connectivity index (χ1n) is 7.65. The summed E-state index contributed by atoms with van der Waals surface area (Å²) in [5.74, 6) is 1.29. The molecule has 2 rings (SSSR count). The summed E-state index contributed by atoms with van der Waals surface area (Å²) in [7, 11) is 0. The molecule has 0 aromatic rings. The molecule has 0 aromatic carbocycles. The summed E-state index contributed by atoms with van der Waals surface area (Å²) < 4.78 is 0. The van der Waals surface area contributed by atoms with Crippen molar-refractivity contribution in [2.75, 3.05) is 32.7 Å². The Kier molecular flexibility index (Phi) is 5.45. The van der Waals surface area contributed by atoms with Crippen molar-refractivity contribution < 1.29 is 5.21 Å². The first-order valence-corrected chi connectivity index (χ1v) is 7.65. The fourth-order valence-corrected chi connectivity index (χ4v) is 3.47. The summed E-state index contributed by atoms with van der Waals surface area (Å²) in [4.78, 5) is 4.91. The monoisotopic (exact) mass is 268 g/mol. The van der Waals surface area contributed by atoms with Gasteiger partial charge in [0.15, 0.2) is 5.84 Å². The average molecular weight is 268 g/mol. The Morgan fingerprint density at radius 1 is 1.16 bits per heavy atom. The van der Waals surface area contributed by atoms with Gasteiger partial charge >= 0.3 is 0 Å². The van der Waals surface area contributed by atoms with E-state index in [2.05, 4.69) is 21.9 Å². The van der Waals surface area contributed by atoms with Crippen molar-refractivity contribution in [1.82, 2.24) is 9.80 Å². The van der Waals surface area contributed by atoms with Crippen molar-refractivity contribution in [1.29, 1.82) is 0 Å². The zero-order valence-electron chi connectivity index (χ0n) is 12.1. The highest BCUT2D eigenvalue weighted by Gasteiger charge is 2.27. The lowest BCUT2D eigenvalue weighted by molar-refractivity contribution is 0.0763. The molecule has 110 valence electrons. The van der Waals surface area contributed by atoms with E-state index in [1.165, 1.54) is 32.1 Å². The maximum atomic E-state index is 8.60. The van der Waals surface area contributed by atoms with E-state index in [0.29, 0.717) is 12.4 Å². The maximum absolute atomic E-state index is 8.60. The van der Waals surface area contributed by atoms with Crippen LogP contribution in [0, 0.1) is 5.92 Å². The molecule has 0 amide bonds. The van der Waals surface area contributed by atoms with E-state index in [-0.39, 0.29) is 0 Å². The topological polar surface area (TPSA) is 65.1 Å². The normalized spacial score (nSPS) is 31.5. The fraction of sp³-hybridized carbons (Fsp3) is 0.929. The van der Waals surface area contributed by atoms with Gasteiger partial charge in [-0.2, -0.15) is 0 Å². The molecule has 1 aliphatic heterocycles. The SMILES string of the molecule is CCC1CCC(N2CCN(CC(N)=NO)CC2)CC1. The number of rotatable bonds is 4. The maximum Gasteiger partial charge on any atom is 0.153 e. The minimum absolute atomic E-state index is 0.317. The largest absolute Gasteiger partial charge is 0.409 e. The van der Waals surface area contributed by atoms with Crippen LogP contribution in [0.15, 0.2) is 5.16 Å². The van der Waals surface area contributed by atoms with E-state index in [4.69, 9.17) is 10.9 Å². The second kappa shape index (κ2) is 7.10. The molecule has 0 atom stereocenters. The number of nitrogens with two attached hydrogens (primary N) is 1. The molecular formula is C14H28N4O. The first kappa shape index (κ1) is 14.6. The van der Waals surface area contributed by atoms with Crippen molar-refractivity contribution in [3.63, 3.8) is 0 Å². The van der Waals surface area contributed by atoms with Gasteiger partial charge in [0.05, 0.1) is 6.54 Å². The molecule has 1 aliphatic carbocycles. The van der Waals surface area contributed by atoms with Crippen LogP contribution in [0.5, 0.6) is 0 Å². The van der Waals surface area contributed by atoms with Crippen LogP contribution >= 0.6 is 0 Å². The third kappa shape index (κ3) is 4.08. The molecule has 2 fully saturated rings. The molecule has 3 N–H and O–H groups in total. The van der Waals surface area contributed by atoms with Gasteiger partial charge < -0.3 is 10.9 Å². The van der Waals surface area contributed by atoms with Crippen LogP contribution in [0.1, 0.15) is 39.0 Å². The van der Waals surface area contributed by atoms with Gasteiger partial charge in [-0.25, -0.2) is 0 Å². The van der Waals surface area contributed by atoms with Crippen LogP contribution in [0.25, 0.3) is 0 Å². The molecule has 0 radical (unpaired) electrons. The smallest absolute Gasteiger partial charge is 0.153 e. The highest BCUT2D eigenvalue weighted by atomic mass is 16.4. The molecule has 0 spiro atoms. The summed E-state index contributed by atoms with van der Waals surface area (Å²) in [5.41, 5.74) is 5.56. The molecular weight excluding hydrogens is 240 g/mol. The molecule has 1 saturated heterocycles. The molecule has 0 bridgehead atoms. The van der Waals surface area contributed by atoms with Crippen molar-refractivity contribution in [2.24, 2.45) is 16.8 Å². The van der Waals surface area contributed by atoms with Gasteiger partial charge in [-0.15, -0.1) is 0 Å². The Hall–Kier alpha value is -0.810. The number of nitrogens with zero attached hydrogens (tertiary/aromatic N) is 3. The molecule has 5 nitrogen and oxygen atoms in total. The van der Waals surface area contributed by atoms with E-state index in [9.17, 15) is 0 Å². The summed E-state index contributed by atoms with van der Waals surface area (Å²) in [6.45, 7) is 7.22. The van der Waals surface area contributed by atoms with E-state index < -0.39 is 0 Å². The van der Waals surface area contributed by atoms with Gasteiger partial charge in [-0.3, -0.25) is 9.80 Å². The minimum atomic E-state index is 0.317. The summed E-state index contributed by atoms with van der Waals surface area (Å²) in [6, 6.07) is 0.800. The van der Waals surface area contributed by atoms with Gasteiger partial charge in [0.1, 0.15) is 0 Å². The van der Waals surface area contributed by atoms with Gasteiger partial charge in [0.2, 0.25) is 0 Å². The van der Waals surface area contributed by atoms with E-state index in [1.54, 1.807) is 0 Å². The Morgan fingerprint density at radius 3 is 2.32 bits per heavy atom. The number of oxime groups is 1. The molecule has 5 heteroatoms. The summed E-state index contributed by atoms with van der Waals surface area (Å²) >= 11 is 0. The van der Waals surface area contributed by atoms with Gasteiger partial charge in [-0.1, -0.05) is 18.5 Å². The number of piperazine rings is 1. The van der Waals surface area contributed by atoms with E-state index in [1.807, 2.05) is 0 Å². The Morgan fingerprint density at radius 2 is 1.79 bits per heavy atom. The lowest BCUT2D eigenvalue weighted by Crippen LogP contribution is -2.52. The molecule has 0 unspecified atom stereocenters. The Balaban J connectivity index is 1.71. The van der Waals surface area contributed by atoms with E-state index in [0.717, 1.165) is 38.1 Å². The zero-order valence-corrected chi connectivity index (χ0v) is 12.1. The minimum Gasteiger partial charge on any atom is -0.409 e. The van der Waals surface area contributed by atoms with Gasteiger partial charge in [-0.05, 0) is 31.6 Å². The van der Waals surface area contributed by atoms with Crippen molar-refractivity contribution in [3.8, 4) is 0 Å². The van der Waals surface area contributed by atoms with Gasteiger partial charge in [0, 0.05) is 32.2 Å². The molecule has 0 aromatic heterocycles. The highest BCUT2D eigenvalue weighted by molar-refractivity contribution is 5.81. The van der Waals surface area contributed by atoms with Crippen LogP contribution < -0.4 is 5.73 Å². The van der Waals surface area contributed by atoms with Crippen LogP contribution in [0.2, 0.25) is 0 Å². The zero-order chi connectivity index (χ0) is 13.7. The number of hydrogen-bond acceptors (Lipinski definition) is 4. The van der Waals surface area contributed by atoms with Crippen molar-refractivity contribution in [3.05, 3.63) is 0 Å². The van der Waals surface area contributed by atoms with Crippen LogP contribution in [-0.4, -0.2) is 59.6 Å². The quantitative estimate of drug-likeness (QED) is 0.349. The lowest BCUT2D eigenvalue weighted by Gasteiger charge is -2.41. The van der Waals surface area contributed by atoms with E-state index >= 15 is 0 Å². The van der Waals surface area contributed by atoms with Crippen LogP contribution in [0.3, 0.4) is 0 Å².